The number of halogens is 1. The molecule has 2 aromatic rings. The molecular weight excluding hydrogens is 262 g/mol. The molecule has 0 aliphatic rings. The molecule has 0 bridgehead atoms. The van der Waals surface area contributed by atoms with Crippen molar-refractivity contribution in [3.05, 3.63) is 40.4 Å². The fourth-order valence-corrected chi connectivity index (χ4v) is 2.04. The van der Waals surface area contributed by atoms with Crippen molar-refractivity contribution in [2.75, 3.05) is 0 Å². The van der Waals surface area contributed by atoms with Crippen molar-refractivity contribution < 1.29 is 0 Å². The van der Waals surface area contributed by atoms with E-state index in [-0.39, 0.29) is 5.84 Å². The Labute approximate surface area is 116 Å². The first-order chi connectivity index (χ1) is 9.06. The molecule has 1 aromatic carbocycles. The largest absolute Gasteiger partial charge is 0.384 e. The fourth-order valence-electron chi connectivity index (χ4n) is 1.87. The van der Waals surface area contributed by atoms with Crippen LogP contribution in [0.15, 0.2) is 18.2 Å². The van der Waals surface area contributed by atoms with Gasteiger partial charge in [0.15, 0.2) is 5.82 Å². The molecule has 0 radical (unpaired) electrons. The molecule has 100 valence electrons. The molecule has 5 nitrogen and oxygen atoms in total. The van der Waals surface area contributed by atoms with Gasteiger partial charge in [-0.3, -0.25) is 5.41 Å². The molecule has 1 heterocycles. The Bertz CT molecular complexity index is 617. The third-order valence-electron chi connectivity index (χ3n) is 2.83. The smallest absolute Gasteiger partial charge is 0.151 e. The number of hydrogen-bond acceptors (Lipinski definition) is 3. The summed E-state index contributed by atoms with van der Waals surface area (Å²) in [4.78, 5) is 4.45. The number of amidine groups is 1. The highest BCUT2D eigenvalue weighted by Crippen LogP contribution is 2.20. The normalized spacial score (nSPS) is 10.7. The summed E-state index contributed by atoms with van der Waals surface area (Å²) in [6, 6.07) is 5.24. The zero-order valence-corrected chi connectivity index (χ0v) is 11.7. The van der Waals surface area contributed by atoms with E-state index in [4.69, 9.17) is 22.7 Å². The van der Waals surface area contributed by atoms with Gasteiger partial charge >= 0.3 is 0 Å². The average Bonchev–Trinajstić information content (AvgIpc) is 2.81. The van der Waals surface area contributed by atoms with Gasteiger partial charge in [-0.15, -0.1) is 0 Å². The molecule has 0 fully saturated rings. The SMILES string of the molecule is CCc1nc(CC)n(-c2ccc(Cl)cc2C(=N)N)n1. The minimum absolute atomic E-state index is 0.0342. The highest BCUT2D eigenvalue weighted by atomic mass is 35.5. The van der Waals surface area contributed by atoms with Crippen molar-refractivity contribution in [2.24, 2.45) is 5.73 Å². The number of nitrogens with zero attached hydrogens (tertiary/aromatic N) is 3. The Hall–Kier alpha value is -1.88. The molecule has 0 saturated heterocycles. The second-order valence-corrected chi connectivity index (χ2v) is 4.57. The fraction of sp³-hybridized carbons (Fsp3) is 0.308. The molecule has 0 saturated carbocycles. The van der Waals surface area contributed by atoms with Crippen molar-refractivity contribution in [3.63, 3.8) is 0 Å². The van der Waals surface area contributed by atoms with E-state index in [0.717, 1.165) is 30.2 Å². The Morgan fingerprint density at radius 1 is 1.37 bits per heavy atom. The van der Waals surface area contributed by atoms with Crippen LogP contribution >= 0.6 is 11.6 Å². The summed E-state index contributed by atoms with van der Waals surface area (Å²) >= 11 is 5.96. The predicted molar refractivity (Wildman–Crippen MR) is 76.1 cm³/mol. The second-order valence-electron chi connectivity index (χ2n) is 4.14. The Kier molecular flexibility index (Phi) is 3.85. The summed E-state index contributed by atoms with van der Waals surface area (Å²) in [5.41, 5.74) is 6.92. The minimum Gasteiger partial charge on any atom is -0.384 e. The van der Waals surface area contributed by atoms with Crippen molar-refractivity contribution in [3.8, 4) is 5.69 Å². The quantitative estimate of drug-likeness (QED) is 0.665. The van der Waals surface area contributed by atoms with Crippen LogP contribution in [0.4, 0.5) is 0 Å². The number of benzene rings is 1. The Balaban J connectivity index is 2.64. The monoisotopic (exact) mass is 277 g/mol. The van der Waals surface area contributed by atoms with E-state index in [0.29, 0.717) is 10.6 Å². The maximum atomic E-state index is 7.66. The van der Waals surface area contributed by atoms with Crippen LogP contribution in [0.1, 0.15) is 31.1 Å². The van der Waals surface area contributed by atoms with Gasteiger partial charge in [-0.1, -0.05) is 25.4 Å². The van der Waals surface area contributed by atoms with Crippen LogP contribution in [0.3, 0.4) is 0 Å². The number of hydrogen-bond donors (Lipinski definition) is 2. The number of nitrogen functional groups attached to an aromatic ring is 1. The predicted octanol–water partition coefficient (Wildman–Crippen LogP) is 2.33. The van der Waals surface area contributed by atoms with Gasteiger partial charge in [-0.2, -0.15) is 5.10 Å². The third kappa shape index (κ3) is 2.61. The summed E-state index contributed by atoms with van der Waals surface area (Å²) in [5, 5.41) is 12.7. The zero-order valence-electron chi connectivity index (χ0n) is 10.9. The van der Waals surface area contributed by atoms with Gasteiger partial charge in [0.1, 0.15) is 11.7 Å². The van der Waals surface area contributed by atoms with E-state index >= 15 is 0 Å². The molecule has 19 heavy (non-hydrogen) atoms. The summed E-state index contributed by atoms with van der Waals surface area (Å²) in [6.07, 6.45) is 1.52. The molecular formula is C13H16ClN5. The second kappa shape index (κ2) is 5.40. The van der Waals surface area contributed by atoms with E-state index in [9.17, 15) is 0 Å². The highest BCUT2D eigenvalue weighted by Gasteiger charge is 2.14. The lowest BCUT2D eigenvalue weighted by molar-refractivity contribution is 0.789. The zero-order chi connectivity index (χ0) is 14.0. The van der Waals surface area contributed by atoms with Gasteiger partial charge in [0.25, 0.3) is 0 Å². The van der Waals surface area contributed by atoms with E-state index < -0.39 is 0 Å². The highest BCUT2D eigenvalue weighted by molar-refractivity contribution is 6.31. The van der Waals surface area contributed by atoms with Gasteiger partial charge in [-0.05, 0) is 18.2 Å². The molecule has 0 unspecified atom stereocenters. The molecule has 2 rings (SSSR count). The first kappa shape index (κ1) is 13.5. The van der Waals surface area contributed by atoms with Crippen molar-refractivity contribution in [1.29, 1.82) is 5.41 Å². The summed E-state index contributed by atoms with van der Waals surface area (Å²) in [6.45, 7) is 4.02. The number of aryl methyl sites for hydroxylation is 2. The maximum absolute atomic E-state index is 7.66. The van der Waals surface area contributed by atoms with Gasteiger partial charge in [0.2, 0.25) is 0 Å². The lowest BCUT2D eigenvalue weighted by atomic mass is 10.1. The van der Waals surface area contributed by atoms with Crippen LogP contribution < -0.4 is 5.73 Å². The standard InChI is InChI=1S/C13H16ClN5/c1-3-11-17-12(4-2)19(18-11)10-6-5-8(14)7-9(10)13(15)16/h5-7H,3-4H2,1-2H3,(H3,15,16). The third-order valence-corrected chi connectivity index (χ3v) is 3.06. The van der Waals surface area contributed by atoms with Crippen LogP contribution in [0.25, 0.3) is 5.69 Å². The number of aromatic nitrogens is 3. The molecule has 0 atom stereocenters. The molecule has 0 spiro atoms. The summed E-state index contributed by atoms with van der Waals surface area (Å²) in [5.74, 6) is 1.59. The van der Waals surface area contributed by atoms with E-state index in [1.54, 1.807) is 16.8 Å². The van der Waals surface area contributed by atoms with Crippen molar-refractivity contribution >= 4 is 17.4 Å². The lowest BCUT2D eigenvalue weighted by Crippen LogP contribution is -2.16. The Morgan fingerprint density at radius 3 is 2.68 bits per heavy atom. The average molecular weight is 278 g/mol. The van der Waals surface area contributed by atoms with Gasteiger partial charge in [0, 0.05) is 23.4 Å². The van der Waals surface area contributed by atoms with Gasteiger partial charge < -0.3 is 5.73 Å². The molecule has 0 aliphatic carbocycles. The van der Waals surface area contributed by atoms with Crippen molar-refractivity contribution in [2.45, 2.75) is 26.7 Å². The van der Waals surface area contributed by atoms with E-state index in [1.165, 1.54) is 0 Å². The maximum Gasteiger partial charge on any atom is 0.151 e. The molecule has 0 amide bonds. The van der Waals surface area contributed by atoms with Gasteiger partial charge in [-0.25, -0.2) is 9.67 Å². The summed E-state index contributed by atoms with van der Waals surface area (Å²) in [7, 11) is 0. The van der Waals surface area contributed by atoms with Crippen LogP contribution in [0.2, 0.25) is 5.02 Å². The summed E-state index contributed by atoms with van der Waals surface area (Å²) < 4.78 is 1.74. The number of nitrogens with two attached hydrogens (primary N) is 1. The number of rotatable bonds is 4. The van der Waals surface area contributed by atoms with Crippen molar-refractivity contribution in [1.82, 2.24) is 14.8 Å². The van der Waals surface area contributed by atoms with Gasteiger partial charge in [0.05, 0.1) is 5.69 Å². The van der Waals surface area contributed by atoms with E-state index in [1.807, 2.05) is 19.9 Å². The van der Waals surface area contributed by atoms with Crippen LogP contribution in [0, 0.1) is 5.41 Å². The van der Waals surface area contributed by atoms with Crippen LogP contribution in [0.5, 0.6) is 0 Å². The molecule has 3 N–H and O–H groups in total. The minimum atomic E-state index is -0.0342. The number of nitrogens with one attached hydrogen (secondary N) is 1. The first-order valence-corrected chi connectivity index (χ1v) is 6.53. The van der Waals surface area contributed by atoms with E-state index in [2.05, 4.69) is 10.1 Å². The first-order valence-electron chi connectivity index (χ1n) is 6.16. The topological polar surface area (TPSA) is 80.6 Å². The molecule has 0 aliphatic heterocycles. The Morgan fingerprint density at radius 2 is 2.11 bits per heavy atom. The lowest BCUT2D eigenvalue weighted by Gasteiger charge is -2.10. The van der Waals surface area contributed by atoms with Crippen LogP contribution in [-0.2, 0) is 12.8 Å². The molecule has 6 heteroatoms. The van der Waals surface area contributed by atoms with Crippen LogP contribution in [-0.4, -0.2) is 20.6 Å². The molecule has 1 aromatic heterocycles.